The van der Waals surface area contributed by atoms with E-state index >= 15 is 0 Å². The predicted octanol–water partition coefficient (Wildman–Crippen LogP) is 4.28. The van der Waals surface area contributed by atoms with Crippen molar-refractivity contribution in [3.63, 3.8) is 0 Å². The quantitative estimate of drug-likeness (QED) is 0.621. The van der Waals surface area contributed by atoms with Gasteiger partial charge in [0.2, 0.25) is 0 Å². The van der Waals surface area contributed by atoms with E-state index in [1.807, 2.05) is 12.2 Å². The van der Waals surface area contributed by atoms with Crippen LogP contribution >= 0.6 is 0 Å². The molecule has 0 aromatic heterocycles. The number of rotatable bonds is 9. The first-order valence-corrected chi connectivity index (χ1v) is 9.15. The van der Waals surface area contributed by atoms with Gasteiger partial charge in [-0.3, -0.25) is 0 Å². The second-order valence-corrected chi connectivity index (χ2v) is 6.53. The molecule has 134 valence electrons. The predicted molar refractivity (Wildman–Crippen MR) is 107 cm³/mol. The van der Waals surface area contributed by atoms with Crippen LogP contribution in [0.4, 0.5) is 0 Å². The summed E-state index contributed by atoms with van der Waals surface area (Å²) in [4.78, 5) is 2.31. The van der Waals surface area contributed by atoms with Crippen LogP contribution < -0.4 is 11.1 Å². The van der Waals surface area contributed by atoms with Crippen LogP contribution in [0.5, 0.6) is 0 Å². The molecule has 1 aliphatic rings. The molecule has 1 heterocycles. The standard InChI is InChI=1S/C21H35N3/c1-5-7-12-20(18(3)4)17-23-16-19(11-6-2)15-21(22)24-13-9-8-10-14-24/h5,7,11-12,15,23H,1,6,8-10,13-14,16-17,22H2,2-4H3/b12-7-,19-11+,21-15+. The highest BCUT2D eigenvalue weighted by molar-refractivity contribution is 5.28. The van der Waals surface area contributed by atoms with Crippen molar-refractivity contribution in [2.45, 2.75) is 46.5 Å². The molecule has 3 nitrogen and oxygen atoms in total. The molecule has 0 aliphatic carbocycles. The van der Waals surface area contributed by atoms with Crippen molar-refractivity contribution in [3.8, 4) is 0 Å². The fraction of sp³-hybridized carbons (Fsp3) is 0.524. The Morgan fingerprint density at radius 2 is 1.88 bits per heavy atom. The SMILES string of the molecule is C=C/C=C\C(CNCC(=C/CC)/C=C(\N)N1CCCCC1)=C(C)C. The molecule has 0 bridgehead atoms. The van der Waals surface area contributed by atoms with E-state index in [-0.39, 0.29) is 0 Å². The van der Waals surface area contributed by atoms with Gasteiger partial charge in [0, 0.05) is 26.2 Å². The van der Waals surface area contributed by atoms with Gasteiger partial charge < -0.3 is 16.0 Å². The smallest absolute Gasteiger partial charge is 0.0989 e. The van der Waals surface area contributed by atoms with E-state index in [1.165, 1.54) is 36.0 Å². The number of nitrogens with one attached hydrogen (secondary N) is 1. The summed E-state index contributed by atoms with van der Waals surface area (Å²) >= 11 is 0. The maximum Gasteiger partial charge on any atom is 0.0989 e. The van der Waals surface area contributed by atoms with Gasteiger partial charge in [-0.25, -0.2) is 0 Å². The average Bonchev–Trinajstić information content (AvgIpc) is 2.58. The number of piperidine rings is 1. The van der Waals surface area contributed by atoms with Gasteiger partial charge in [-0.05, 0) is 56.8 Å². The summed E-state index contributed by atoms with van der Waals surface area (Å²) < 4.78 is 0. The van der Waals surface area contributed by atoms with Crippen molar-refractivity contribution in [1.29, 1.82) is 0 Å². The summed E-state index contributed by atoms with van der Waals surface area (Å²) in [6.07, 6.45) is 15.2. The Bertz CT molecular complexity index is 499. The largest absolute Gasteiger partial charge is 0.385 e. The highest BCUT2D eigenvalue weighted by Gasteiger charge is 2.11. The summed E-state index contributed by atoms with van der Waals surface area (Å²) in [5.74, 6) is 0.908. The fourth-order valence-corrected chi connectivity index (χ4v) is 2.81. The van der Waals surface area contributed by atoms with Gasteiger partial charge in [-0.15, -0.1) is 0 Å². The Labute approximate surface area is 148 Å². The van der Waals surface area contributed by atoms with E-state index < -0.39 is 0 Å². The summed E-state index contributed by atoms with van der Waals surface area (Å²) in [6, 6.07) is 0. The van der Waals surface area contributed by atoms with Crippen molar-refractivity contribution >= 4 is 0 Å². The van der Waals surface area contributed by atoms with Crippen LogP contribution in [-0.2, 0) is 0 Å². The monoisotopic (exact) mass is 329 g/mol. The van der Waals surface area contributed by atoms with Gasteiger partial charge in [0.25, 0.3) is 0 Å². The van der Waals surface area contributed by atoms with Crippen LogP contribution in [0, 0.1) is 0 Å². The van der Waals surface area contributed by atoms with E-state index in [1.54, 1.807) is 0 Å². The van der Waals surface area contributed by atoms with E-state index in [0.717, 1.165) is 38.4 Å². The lowest BCUT2D eigenvalue weighted by Crippen LogP contribution is -2.33. The van der Waals surface area contributed by atoms with Gasteiger partial charge in [0.05, 0.1) is 5.82 Å². The zero-order valence-electron chi connectivity index (χ0n) is 15.8. The maximum absolute atomic E-state index is 6.31. The average molecular weight is 330 g/mol. The van der Waals surface area contributed by atoms with Gasteiger partial charge in [0.1, 0.15) is 0 Å². The molecule has 0 unspecified atom stereocenters. The zero-order chi connectivity index (χ0) is 17.8. The molecule has 3 heteroatoms. The molecule has 3 N–H and O–H groups in total. The first-order valence-electron chi connectivity index (χ1n) is 9.15. The van der Waals surface area contributed by atoms with Crippen molar-refractivity contribution < 1.29 is 0 Å². The van der Waals surface area contributed by atoms with Crippen molar-refractivity contribution in [2.24, 2.45) is 5.73 Å². The Kier molecular flexibility index (Phi) is 9.94. The van der Waals surface area contributed by atoms with Gasteiger partial charge in [-0.2, -0.15) is 0 Å². The molecular formula is C21H35N3. The Hall–Kier alpha value is -1.74. The topological polar surface area (TPSA) is 41.3 Å². The third-order valence-electron chi connectivity index (χ3n) is 4.24. The summed E-state index contributed by atoms with van der Waals surface area (Å²) in [7, 11) is 0. The summed E-state index contributed by atoms with van der Waals surface area (Å²) in [6.45, 7) is 14.0. The Morgan fingerprint density at radius 1 is 1.17 bits per heavy atom. The number of nitrogens with zero attached hydrogens (tertiary/aromatic N) is 1. The van der Waals surface area contributed by atoms with E-state index in [0.29, 0.717) is 0 Å². The molecule has 24 heavy (non-hydrogen) atoms. The number of allylic oxidation sites excluding steroid dienone is 4. The molecule has 0 radical (unpaired) electrons. The minimum Gasteiger partial charge on any atom is -0.385 e. The molecule has 0 aromatic carbocycles. The third-order valence-corrected chi connectivity index (χ3v) is 4.24. The molecule has 1 rings (SSSR count). The highest BCUT2D eigenvalue weighted by Crippen LogP contribution is 2.13. The number of hydrogen-bond donors (Lipinski definition) is 2. The van der Waals surface area contributed by atoms with Crippen LogP contribution in [0.15, 0.2) is 59.5 Å². The Morgan fingerprint density at radius 3 is 2.46 bits per heavy atom. The minimum atomic E-state index is 0.834. The van der Waals surface area contributed by atoms with E-state index in [4.69, 9.17) is 5.73 Å². The van der Waals surface area contributed by atoms with Crippen LogP contribution in [0.1, 0.15) is 46.5 Å². The van der Waals surface area contributed by atoms with Crippen LogP contribution in [0.3, 0.4) is 0 Å². The first-order chi connectivity index (χ1) is 11.6. The van der Waals surface area contributed by atoms with E-state index in [9.17, 15) is 0 Å². The number of nitrogens with two attached hydrogens (primary N) is 1. The number of hydrogen-bond acceptors (Lipinski definition) is 3. The molecular weight excluding hydrogens is 294 g/mol. The van der Waals surface area contributed by atoms with E-state index in [2.05, 4.69) is 55.8 Å². The lowest BCUT2D eigenvalue weighted by molar-refractivity contribution is 0.282. The van der Waals surface area contributed by atoms with Gasteiger partial charge >= 0.3 is 0 Å². The third kappa shape index (κ3) is 7.69. The summed E-state index contributed by atoms with van der Waals surface area (Å²) in [5.41, 5.74) is 10.2. The normalized spacial score (nSPS) is 16.5. The molecule has 1 fully saturated rings. The molecule has 0 atom stereocenters. The van der Waals surface area contributed by atoms with Crippen LogP contribution in [0.25, 0.3) is 0 Å². The zero-order valence-corrected chi connectivity index (χ0v) is 15.8. The second-order valence-electron chi connectivity index (χ2n) is 6.53. The lowest BCUT2D eigenvalue weighted by atomic mass is 10.1. The van der Waals surface area contributed by atoms with Crippen molar-refractivity contribution in [3.05, 3.63) is 59.5 Å². The molecule has 0 aromatic rings. The second kappa shape index (κ2) is 11.7. The van der Waals surface area contributed by atoms with Crippen LogP contribution in [0.2, 0.25) is 0 Å². The molecule has 1 aliphatic heterocycles. The van der Waals surface area contributed by atoms with Gasteiger partial charge in [0.15, 0.2) is 0 Å². The van der Waals surface area contributed by atoms with Gasteiger partial charge in [-0.1, -0.05) is 43.4 Å². The first kappa shape index (κ1) is 20.3. The Balaban J connectivity index is 2.63. The molecule has 0 spiro atoms. The highest BCUT2D eigenvalue weighted by atomic mass is 15.2. The van der Waals surface area contributed by atoms with Crippen LogP contribution in [-0.4, -0.2) is 31.1 Å². The lowest BCUT2D eigenvalue weighted by Gasteiger charge is -2.29. The molecule has 0 saturated carbocycles. The summed E-state index contributed by atoms with van der Waals surface area (Å²) in [5, 5.41) is 3.54. The maximum atomic E-state index is 6.31. The van der Waals surface area contributed by atoms with Crippen molar-refractivity contribution in [2.75, 3.05) is 26.2 Å². The number of likely N-dealkylation sites (tertiary alicyclic amines) is 1. The molecule has 1 saturated heterocycles. The van der Waals surface area contributed by atoms with Crippen molar-refractivity contribution in [1.82, 2.24) is 10.2 Å². The minimum absolute atomic E-state index is 0.834. The fourth-order valence-electron chi connectivity index (χ4n) is 2.81. The molecule has 0 amide bonds.